The lowest BCUT2D eigenvalue weighted by Crippen LogP contribution is -2.29. The van der Waals surface area contributed by atoms with Gasteiger partial charge in [-0.05, 0) is 36.6 Å². The van der Waals surface area contributed by atoms with Crippen LogP contribution >= 0.6 is 11.3 Å². The van der Waals surface area contributed by atoms with E-state index in [-0.39, 0.29) is 0 Å². The topological polar surface area (TPSA) is 52.5 Å². The van der Waals surface area contributed by atoms with Crippen LogP contribution in [0, 0.1) is 18.3 Å². The summed E-state index contributed by atoms with van der Waals surface area (Å²) in [5.74, 6) is 1.57. The molecule has 130 valence electrons. The second-order valence-corrected chi connectivity index (χ2v) is 7.53. The molecule has 0 amide bonds. The molecule has 0 spiro atoms. The Morgan fingerprint density at radius 1 is 1.27 bits per heavy atom. The summed E-state index contributed by atoms with van der Waals surface area (Å²) in [7, 11) is 0. The van der Waals surface area contributed by atoms with Crippen LogP contribution in [0.4, 0.5) is 5.00 Å². The van der Waals surface area contributed by atoms with Crippen LogP contribution in [0.15, 0.2) is 51.9 Å². The highest BCUT2D eigenvalue weighted by atomic mass is 32.1. The van der Waals surface area contributed by atoms with E-state index >= 15 is 0 Å². The maximum Gasteiger partial charge on any atom is 0.145 e. The van der Waals surface area contributed by atoms with E-state index in [0.717, 1.165) is 42.4 Å². The van der Waals surface area contributed by atoms with Gasteiger partial charge < -0.3 is 4.42 Å². The van der Waals surface area contributed by atoms with Crippen LogP contribution in [-0.4, -0.2) is 17.7 Å². The second-order valence-electron chi connectivity index (χ2n) is 6.45. The maximum absolute atomic E-state index is 9.61. The summed E-state index contributed by atoms with van der Waals surface area (Å²) in [5, 5.41) is 10.4. The number of hydrogen-bond acceptors (Lipinski definition) is 5. The molecule has 4 nitrogen and oxygen atoms in total. The molecule has 26 heavy (non-hydrogen) atoms. The van der Waals surface area contributed by atoms with E-state index in [2.05, 4.69) is 40.2 Å². The number of hydrogen-bond donors (Lipinski definition) is 0. The van der Waals surface area contributed by atoms with Crippen molar-refractivity contribution in [2.24, 2.45) is 4.99 Å². The molecule has 5 heteroatoms. The van der Waals surface area contributed by atoms with Crippen molar-refractivity contribution in [3.8, 4) is 6.07 Å². The number of thiophene rings is 1. The molecule has 4 rings (SSSR count). The third-order valence-electron chi connectivity index (χ3n) is 4.55. The summed E-state index contributed by atoms with van der Waals surface area (Å²) in [4.78, 5) is 8.22. The van der Waals surface area contributed by atoms with Gasteiger partial charge in [-0.25, -0.2) is 4.99 Å². The molecule has 3 heterocycles. The number of furan rings is 1. The van der Waals surface area contributed by atoms with Gasteiger partial charge >= 0.3 is 0 Å². The van der Waals surface area contributed by atoms with E-state index in [1.807, 2.05) is 25.1 Å². The van der Waals surface area contributed by atoms with Crippen molar-refractivity contribution in [1.29, 1.82) is 5.26 Å². The minimum atomic E-state index is 0.712. The van der Waals surface area contributed by atoms with Gasteiger partial charge in [0.15, 0.2) is 0 Å². The lowest BCUT2D eigenvalue weighted by atomic mass is 10.0. The molecule has 0 bridgehead atoms. The Bertz CT molecular complexity index is 979. The average molecular weight is 361 g/mol. The van der Waals surface area contributed by atoms with E-state index < -0.39 is 0 Å². The van der Waals surface area contributed by atoms with Crippen LogP contribution in [0.3, 0.4) is 0 Å². The first kappa shape index (κ1) is 16.8. The number of benzene rings is 1. The van der Waals surface area contributed by atoms with Gasteiger partial charge in [-0.2, -0.15) is 5.26 Å². The summed E-state index contributed by atoms with van der Waals surface area (Å²) in [6.45, 7) is 4.68. The molecule has 1 aromatic carbocycles. The SMILES string of the molecule is Cc1ccc(C=Nc2sc3c(c2C#N)CCN(Cc2ccccc2)C3)o1. The summed E-state index contributed by atoms with van der Waals surface area (Å²) in [5.41, 5.74) is 3.22. The quantitative estimate of drug-likeness (QED) is 0.625. The van der Waals surface area contributed by atoms with Crippen LogP contribution < -0.4 is 0 Å². The van der Waals surface area contributed by atoms with Gasteiger partial charge in [-0.3, -0.25) is 4.90 Å². The molecule has 0 radical (unpaired) electrons. The average Bonchev–Trinajstić information content (AvgIpc) is 3.23. The zero-order valence-electron chi connectivity index (χ0n) is 14.6. The summed E-state index contributed by atoms with van der Waals surface area (Å²) in [6, 6.07) is 16.7. The van der Waals surface area contributed by atoms with Crippen LogP contribution in [0.1, 0.15) is 33.1 Å². The minimum Gasteiger partial charge on any atom is -0.460 e. The van der Waals surface area contributed by atoms with E-state index in [4.69, 9.17) is 4.42 Å². The Kier molecular flexibility index (Phi) is 4.70. The molecule has 0 atom stereocenters. The number of rotatable bonds is 4. The zero-order valence-corrected chi connectivity index (χ0v) is 15.4. The molecule has 0 fully saturated rings. The van der Waals surface area contributed by atoms with E-state index in [0.29, 0.717) is 5.76 Å². The van der Waals surface area contributed by atoms with Crippen LogP contribution in [0.25, 0.3) is 0 Å². The Balaban J connectivity index is 1.55. The Hall–Kier alpha value is -2.68. The third-order valence-corrected chi connectivity index (χ3v) is 5.67. The largest absolute Gasteiger partial charge is 0.460 e. The van der Waals surface area contributed by atoms with Crippen molar-refractivity contribution in [1.82, 2.24) is 4.90 Å². The molecular formula is C21H19N3OS. The van der Waals surface area contributed by atoms with Gasteiger partial charge in [0.05, 0.1) is 11.8 Å². The van der Waals surface area contributed by atoms with Crippen molar-refractivity contribution in [3.05, 3.63) is 75.6 Å². The van der Waals surface area contributed by atoms with Crippen molar-refractivity contribution in [3.63, 3.8) is 0 Å². The molecule has 0 N–H and O–H groups in total. The van der Waals surface area contributed by atoms with Gasteiger partial charge in [0.1, 0.15) is 22.6 Å². The van der Waals surface area contributed by atoms with E-state index in [1.54, 1.807) is 17.6 Å². The highest BCUT2D eigenvalue weighted by molar-refractivity contribution is 7.16. The Morgan fingerprint density at radius 3 is 2.85 bits per heavy atom. The predicted octanol–water partition coefficient (Wildman–Crippen LogP) is 4.83. The van der Waals surface area contributed by atoms with Gasteiger partial charge in [0.2, 0.25) is 0 Å². The van der Waals surface area contributed by atoms with Crippen molar-refractivity contribution in [2.75, 3.05) is 6.54 Å². The number of fused-ring (bicyclic) bond motifs is 1. The number of aryl methyl sites for hydroxylation is 1. The molecule has 3 aromatic rings. The summed E-state index contributed by atoms with van der Waals surface area (Å²) in [6.07, 6.45) is 2.60. The smallest absolute Gasteiger partial charge is 0.145 e. The molecule has 2 aromatic heterocycles. The first-order valence-electron chi connectivity index (χ1n) is 8.64. The number of nitrogens with zero attached hydrogens (tertiary/aromatic N) is 3. The third kappa shape index (κ3) is 3.48. The molecule has 0 saturated heterocycles. The van der Waals surface area contributed by atoms with E-state index in [9.17, 15) is 5.26 Å². The van der Waals surface area contributed by atoms with Crippen molar-refractivity contribution < 1.29 is 4.42 Å². The molecule has 1 aliphatic heterocycles. The Labute approximate surface area is 157 Å². The highest BCUT2D eigenvalue weighted by Gasteiger charge is 2.24. The zero-order chi connectivity index (χ0) is 17.9. The van der Waals surface area contributed by atoms with Gasteiger partial charge in [-0.15, -0.1) is 11.3 Å². The summed E-state index contributed by atoms with van der Waals surface area (Å²) < 4.78 is 5.53. The normalized spacial score (nSPS) is 14.5. The molecular weight excluding hydrogens is 342 g/mol. The maximum atomic E-state index is 9.61. The predicted molar refractivity (Wildman–Crippen MR) is 104 cm³/mol. The minimum absolute atomic E-state index is 0.712. The van der Waals surface area contributed by atoms with Crippen molar-refractivity contribution >= 4 is 22.6 Å². The first-order valence-corrected chi connectivity index (χ1v) is 9.46. The fourth-order valence-electron chi connectivity index (χ4n) is 3.27. The van der Waals surface area contributed by atoms with Gasteiger partial charge in [0.25, 0.3) is 0 Å². The number of aliphatic imine (C=N–C) groups is 1. The van der Waals surface area contributed by atoms with Gasteiger partial charge in [0, 0.05) is 24.5 Å². The lowest BCUT2D eigenvalue weighted by molar-refractivity contribution is 0.249. The highest BCUT2D eigenvalue weighted by Crippen LogP contribution is 2.38. The standard InChI is InChI=1S/C21H19N3OS/c1-15-7-8-17(25-15)12-23-21-19(11-22)18-9-10-24(14-20(18)26-21)13-16-5-3-2-4-6-16/h2-8,12H,9-10,13-14H2,1H3. The molecule has 0 unspecified atom stereocenters. The molecule has 0 aliphatic carbocycles. The molecule has 0 saturated carbocycles. The van der Waals surface area contributed by atoms with Crippen LogP contribution in [0.2, 0.25) is 0 Å². The molecule has 1 aliphatic rings. The van der Waals surface area contributed by atoms with Crippen LogP contribution in [-0.2, 0) is 19.5 Å². The van der Waals surface area contributed by atoms with Crippen LogP contribution in [0.5, 0.6) is 0 Å². The second kappa shape index (κ2) is 7.28. The summed E-state index contributed by atoms with van der Waals surface area (Å²) >= 11 is 1.62. The fourth-order valence-corrected chi connectivity index (χ4v) is 4.45. The number of nitriles is 1. The van der Waals surface area contributed by atoms with Gasteiger partial charge in [-0.1, -0.05) is 30.3 Å². The first-order chi connectivity index (χ1) is 12.7. The van der Waals surface area contributed by atoms with E-state index in [1.165, 1.54) is 16.0 Å². The Morgan fingerprint density at radius 2 is 2.12 bits per heavy atom. The monoisotopic (exact) mass is 361 g/mol. The lowest BCUT2D eigenvalue weighted by Gasteiger charge is -2.26. The van der Waals surface area contributed by atoms with Crippen molar-refractivity contribution in [2.45, 2.75) is 26.4 Å². The fraction of sp³-hybridized carbons (Fsp3) is 0.238.